The van der Waals surface area contributed by atoms with E-state index in [-0.39, 0.29) is 5.82 Å². The highest BCUT2D eigenvalue weighted by molar-refractivity contribution is 5.02. The zero-order valence-electron chi connectivity index (χ0n) is 6.00. The summed E-state index contributed by atoms with van der Waals surface area (Å²) in [6, 6.07) is 0. The van der Waals surface area contributed by atoms with Crippen LogP contribution in [0.15, 0.2) is 12.4 Å². The number of hydrogen-bond donors (Lipinski definition) is 0. The Morgan fingerprint density at radius 1 is 1.40 bits per heavy atom. The molecule has 1 atom stereocenters. The molecule has 0 N–H and O–H groups in total. The fourth-order valence-corrected chi connectivity index (χ4v) is 0.608. The second kappa shape index (κ2) is 2.73. The molecular formula is C7H9FN2. The van der Waals surface area contributed by atoms with Crippen molar-refractivity contribution in [2.75, 3.05) is 0 Å². The number of nitrogens with zero attached hydrogens (tertiary/aromatic N) is 2. The molecule has 0 amide bonds. The average Bonchev–Trinajstić information content (AvgIpc) is 1.88. The van der Waals surface area contributed by atoms with Crippen LogP contribution in [0, 0.1) is 6.92 Å². The van der Waals surface area contributed by atoms with Crippen LogP contribution in [0.2, 0.25) is 0 Å². The molecule has 1 heterocycles. The summed E-state index contributed by atoms with van der Waals surface area (Å²) in [5.41, 5.74) is 0.949. The van der Waals surface area contributed by atoms with Gasteiger partial charge in [-0.3, -0.25) is 0 Å². The van der Waals surface area contributed by atoms with Gasteiger partial charge in [-0.25, -0.2) is 14.4 Å². The minimum atomic E-state index is -1.07. The van der Waals surface area contributed by atoms with Crippen LogP contribution in [0.3, 0.4) is 0 Å². The van der Waals surface area contributed by atoms with Crippen molar-refractivity contribution in [3.63, 3.8) is 0 Å². The number of aryl methyl sites for hydroxylation is 1. The van der Waals surface area contributed by atoms with Gasteiger partial charge in [0.25, 0.3) is 0 Å². The van der Waals surface area contributed by atoms with E-state index in [1.807, 2.05) is 6.92 Å². The average molecular weight is 140 g/mol. The normalized spacial score (nSPS) is 13.1. The smallest absolute Gasteiger partial charge is 0.162 e. The highest BCUT2D eigenvalue weighted by Gasteiger charge is 2.03. The van der Waals surface area contributed by atoms with E-state index in [1.54, 1.807) is 12.4 Å². The predicted molar refractivity (Wildman–Crippen MR) is 36.3 cm³/mol. The van der Waals surface area contributed by atoms with Crippen LogP contribution < -0.4 is 0 Å². The van der Waals surface area contributed by atoms with Gasteiger partial charge in [0.2, 0.25) is 0 Å². The molecule has 0 aliphatic heterocycles. The largest absolute Gasteiger partial charge is 0.239 e. The van der Waals surface area contributed by atoms with Crippen LogP contribution in [0.1, 0.15) is 24.5 Å². The lowest BCUT2D eigenvalue weighted by atomic mass is 10.3. The summed E-state index contributed by atoms with van der Waals surface area (Å²) in [6.07, 6.45) is 2.15. The van der Waals surface area contributed by atoms with Crippen LogP contribution >= 0.6 is 0 Å². The van der Waals surface area contributed by atoms with E-state index in [0.717, 1.165) is 5.56 Å². The lowest BCUT2D eigenvalue weighted by molar-refractivity contribution is 0.356. The van der Waals surface area contributed by atoms with Crippen LogP contribution in [0.5, 0.6) is 0 Å². The molecule has 0 radical (unpaired) electrons. The fraction of sp³-hybridized carbons (Fsp3) is 0.429. The van der Waals surface area contributed by atoms with Crippen molar-refractivity contribution in [2.24, 2.45) is 0 Å². The van der Waals surface area contributed by atoms with Gasteiger partial charge in [-0.2, -0.15) is 0 Å². The van der Waals surface area contributed by atoms with E-state index in [0.29, 0.717) is 0 Å². The highest BCUT2D eigenvalue weighted by atomic mass is 19.1. The van der Waals surface area contributed by atoms with E-state index < -0.39 is 6.17 Å². The molecule has 0 aliphatic rings. The molecule has 2 nitrogen and oxygen atoms in total. The van der Waals surface area contributed by atoms with Gasteiger partial charge in [0.05, 0.1) is 0 Å². The lowest BCUT2D eigenvalue weighted by Crippen LogP contribution is -1.94. The third kappa shape index (κ3) is 1.50. The zero-order chi connectivity index (χ0) is 7.56. The molecule has 0 spiro atoms. The van der Waals surface area contributed by atoms with Crippen molar-refractivity contribution in [3.8, 4) is 0 Å². The highest BCUT2D eigenvalue weighted by Crippen LogP contribution is 2.09. The fourth-order valence-electron chi connectivity index (χ4n) is 0.608. The first-order valence-corrected chi connectivity index (χ1v) is 3.13. The van der Waals surface area contributed by atoms with Crippen molar-refractivity contribution in [1.82, 2.24) is 9.97 Å². The topological polar surface area (TPSA) is 25.8 Å². The number of hydrogen-bond acceptors (Lipinski definition) is 2. The molecular weight excluding hydrogens is 131 g/mol. The Bertz CT molecular complexity index is 205. The summed E-state index contributed by atoms with van der Waals surface area (Å²) < 4.78 is 12.4. The van der Waals surface area contributed by atoms with Gasteiger partial charge in [0.15, 0.2) is 12.0 Å². The third-order valence-electron chi connectivity index (χ3n) is 1.16. The molecule has 1 unspecified atom stereocenters. The Morgan fingerprint density at radius 3 is 2.30 bits per heavy atom. The molecule has 10 heavy (non-hydrogen) atoms. The van der Waals surface area contributed by atoms with E-state index >= 15 is 0 Å². The van der Waals surface area contributed by atoms with Gasteiger partial charge in [0.1, 0.15) is 0 Å². The summed E-state index contributed by atoms with van der Waals surface area (Å²) in [5.74, 6) is 0.255. The molecule has 1 aromatic rings. The maximum absolute atomic E-state index is 12.4. The van der Waals surface area contributed by atoms with E-state index in [1.165, 1.54) is 6.92 Å². The monoisotopic (exact) mass is 140 g/mol. The second-order valence-electron chi connectivity index (χ2n) is 2.23. The number of halogens is 1. The lowest BCUT2D eigenvalue weighted by Gasteiger charge is -1.98. The molecule has 0 saturated heterocycles. The van der Waals surface area contributed by atoms with Crippen LogP contribution in [-0.4, -0.2) is 9.97 Å². The van der Waals surface area contributed by atoms with Gasteiger partial charge in [-0.1, -0.05) is 0 Å². The van der Waals surface area contributed by atoms with Crippen LogP contribution in [0.4, 0.5) is 4.39 Å². The quantitative estimate of drug-likeness (QED) is 0.594. The molecule has 0 aliphatic carbocycles. The van der Waals surface area contributed by atoms with Gasteiger partial charge < -0.3 is 0 Å². The molecule has 0 fully saturated rings. The van der Waals surface area contributed by atoms with Crippen molar-refractivity contribution >= 4 is 0 Å². The number of aromatic nitrogens is 2. The van der Waals surface area contributed by atoms with Gasteiger partial charge in [-0.05, 0) is 19.4 Å². The Balaban J connectivity index is 2.89. The van der Waals surface area contributed by atoms with Gasteiger partial charge in [0, 0.05) is 12.4 Å². The minimum absolute atomic E-state index is 0.255. The summed E-state index contributed by atoms with van der Waals surface area (Å²) in [5, 5.41) is 0. The zero-order valence-corrected chi connectivity index (χ0v) is 6.00. The molecule has 1 rings (SSSR count). The Kier molecular flexibility index (Phi) is 1.94. The summed E-state index contributed by atoms with van der Waals surface area (Å²) in [7, 11) is 0. The first-order valence-electron chi connectivity index (χ1n) is 3.13. The molecule has 0 bridgehead atoms. The van der Waals surface area contributed by atoms with Gasteiger partial charge >= 0.3 is 0 Å². The number of alkyl halides is 1. The van der Waals surface area contributed by atoms with Gasteiger partial charge in [-0.15, -0.1) is 0 Å². The SMILES string of the molecule is Cc1cnc(C(C)F)nc1. The van der Waals surface area contributed by atoms with E-state index in [9.17, 15) is 4.39 Å². The molecule has 54 valence electrons. The predicted octanol–water partition coefficient (Wildman–Crippen LogP) is 1.82. The number of rotatable bonds is 1. The maximum Gasteiger partial charge on any atom is 0.162 e. The summed E-state index contributed by atoms with van der Waals surface area (Å²) in [4.78, 5) is 7.58. The Hall–Kier alpha value is -0.990. The van der Waals surface area contributed by atoms with Crippen molar-refractivity contribution < 1.29 is 4.39 Å². The van der Waals surface area contributed by atoms with Crippen LogP contribution in [0.25, 0.3) is 0 Å². The molecule has 0 aromatic carbocycles. The third-order valence-corrected chi connectivity index (χ3v) is 1.16. The summed E-state index contributed by atoms with van der Waals surface area (Å²) in [6.45, 7) is 3.29. The van der Waals surface area contributed by atoms with Crippen LogP contribution in [-0.2, 0) is 0 Å². The molecule has 1 aromatic heterocycles. The first-order chi connectivity index (χ1) is 4.70. The second-order valence-corrected chi connectivity index (χ2v) is 2.23. The standard InChI is InChI=1S/C7H9FN2/c1-5-3-9-7(6(2)8)10-4-5/h3-4,6H,1-2H3. The van der Waals surface area contributed by atoms with Crippen molar-refractivity contribution in [3.05, 3.63) is 23.8 Å². The van der Waals surface area contributed by atoms with E-state index in [4.69, 9.17) is 0 Å². The van der Waals surface area contributed by atoms with Crippen molar-refractivity contribution in [1.29, 1.82) is 0 Å². The Morgan fingerprint density at radius 2 is 1.90 bits per heavy atom. The first kappa shape index (κ1) is 7.12. The molecule has 0 saturated carbocycles. The van der Waals surface area contributed by atoms with Crippen molar-refractivity contribution in [2.45, 2.75) is 20.0 Å². The minimum Gasteiger partial charge on any atom is -0.239 e. The summed E-state index contributed by atoms with van der Waals surface area (Å²) >= 11 is 0. The van der Waals surface area contributed by atoms with E-state index in [2.05, 4.69) is 9.97 Å². The molecule has 3 heteroatoms. The Labute approximate surface area is 59.1 Å². The maximum atomic E-state index is 12.4.